The minimum atomic E-state index is 0.243. The SMILES string of the molecule is CC(C)C(C(C)C)C(C(C(C)C)C(C)(C)C)(C(C)(C)C)C(C)(C)C. The van der Waals surface area contributed by atoms with Crippen molar-refractivity contribution >= 4 is 0 Å². The molecule has 0 aliphatic carbocycles. The van der Waals surface area contributed by atoms with Crippen LogP contribution >= 0.6 is 0 Å². The minimum absolute atomic E-state index is 0.243. The second-order valence-corrected chi connectivity index (χ2v) is 12.5. The zero-order valence-electron chi connectivity index (χ0n) is 19.9. The fourth-order valence-corrected chi connectivity index (χ4v) is 7.30. The summed E-state index contributed by atoms with van der Waals surface area (Å²) in [4.78, 5) is 0. The molecule has 0 aromatic carbocycles. The standard InChI is InChI=1S/C24H50/c1-16(2)19(17(3)4)24(22(10,11)12,23(13,14)15)20(18(5)6)21(7,8)9/h16-20H,1-15H3. The van der Waals surface area contributed by atoms with Gasteiger partial charge in [-0.1, -0.05) is 104 Å². The van der Waals surface area contributed by atoms with Gasteiger partial charge in [0.25, 0.3) is 0 Å². The number of hydrogen-bond donors (Lipinski definition) is 0. The zero-order chi connectivity index (χ0) is 19.9. The highest BCUT2D eigenvalue weighted by Gasteiger charge is 2.63. The molecule has 0 nitrogen and oxygen atoms in total. The first-order chi connectivity index (χ1) is 10.3. The average molecular weight is 339 g/mol. The molecule has 0 aliphatic heterocycles. The lowest BCUT2D eigenvalue weighted by Gasteiger charge is -2.67. The van der Waals surface area contributed by atoms with Crippen LogP contribution in [0.25, 0.3) is 0 Å². The zero-order valence-corrected chi connectivity index (χ0v) is 19.9. The van der Waals surface area contributed by atoms with Gasteiger partial charge < -0.3 is 0 Å². The fourth-order valence-electron chi connectivity index (χ4n) is 7.30. The van der Waals surface area contributed by atoms with Gasteiger partial charge in [0.1, 0.15) is 0 Å². The van der Waals surface area contributed by atoms with Gasteiger partial charge in [-0.2, -0.15) is 0 Å². The number of rotatable bonds is 5. The molecule has 0 aromatic heterocycles. The minimum Gasteiger partial charge on any atom is -0.0625 e. The van der Waals surface area contributed by atoms with E-state index in [1.54, 1.807) is 0 Å². The van der Waals surface area contributed by atoms with Gasteiger partial charge in [0, 0.05) is 0 Å². The van der Waals surface area contributed by atoms with Crippen molar-refractivity contribution in [2.45, 2.75) is 104 Å². The first-order valence-corrected chi connectivity index (χ1v) is 10.3. The molecule has 0 amide bonds. The molecule has 1 atom stereocenters. The van der Waals surface area contributed by atoms with Crippen LogP contribution in [-0.2, 0) is 0 Å². The summed E-state index contributed by atoms with van der Waals surface area (Å²) in [5.74, 6) is 3.41. The summed E-state index contributed by atoms with van der Waals surface area (Å²) in [6.45, 7) is 37.2. The molecule has 0 N–H and O–H groups in total. The monoisotopic (exact) mass is 338 g/mol. The predicted molar refractivity (Wildman–Crippen MR) is 112 cm³/mol. The van der Waals surface area contributed by atoms with Crippen molar-refractivity contribution in [1.82, 2.24) is 0 Å². The van der Waals surface area contributed by atoms with E-state index in [9.17, 15) is 0 Å². The largest absolute Gasteiger partial charge is 0.0625 e. The molecule has 0 rings (SSSR count). The summed E-state index contributed by atoms with van der Waals surface area (Å²) in [5.41, 5.74) is 1.03. The molecule has 1 unspecified atom stereocenters. The van der Waals surface area contributed by atoms with Gasteiger partial charge in [0.15, 0.2) is 0 Å². The summed E-state index contributed by atoms with van der Waals surface area (Å²) in [7, 11) is 0. The van der Waals surface area contributed by atoms with E-state index < -0.39 is 0 Å². The van der Waals surface area contributed by atoms with Crippen LogP contribution in [0.15, 0.2) is 0 Å². The lowest BCUT2D eigenvalue weighted by molar-refractivity contribution is -0.200. The maximum atomic E-state index is 2.51. The lowest BCUT2D eigenvalue weighted by Crippen LogP contribution is -2.62. The summed E-state index contributed by atoms with van der Waals surface area (Å²) in [6.07, 6.45) is 0. The average Bonchev–Trinajstić information content (AvgIpc) is 2.20. The predicted octanol–water partition coefficient (Wildman–Crippen LogP) is 8.31. The highest BCUT2D eigenvalue weighted by Crippen LogP contribution is 2.68. The Balaban J connectivity index is 7.12. The van der Waals surface area contributed by atoms with E-state index in [-0.39, 0.29) is 21.7 Å². The molecule has 0 saturated heterocycles. The van der Waals surface area contributed by atoms with Gasteiger partial charge in [0.2, 0.25) is 0 Å². The molecule has 0 spiro atoms. The van der Waals surface area contributed by atoms with Gasteiger partial charge >= 0.3 is 0 Å². The Bertz CT molecular complexity index is 354. The first kappa shape index (κ1) is 24.0. The van der Waals surface area contributed by atoms with E-state index in [0.29, 0.717) is 29.6 Å². The normalized spacial score (nSPS) is 16.6. The fraction of sp³-hybridized carbons (Fsp3) is 1.00. The molecule has 0 heteroatoms. The van der Waals surface area contributed by atoms with Crippen molar-refractivity contribution in [2.24, 2.45) is 51.2 Å². The van der Waals surface area contributed by atoms with Crippen LogP contribution < -0.4 is 0 Å². The smallest absolute Gasteiger partial charge is 0.0131 e. The third-order valence-electron chi connectivity index (χ3n) is 6.53. The first-order valence-electron chi connectivity index (χ1n) is 10.3. The highest BCUT2D eigenvalue weighted by atomic mass is 14.7. The van der Waals surface area contributed by atoms with E-state index in [1.165, 1.54) is 0 Å². The molecule has 0 aromatic rings. The van der Waals surface area contributed by atoms with Gasteiger partial charge in [-0.3, -0.25) is 0 Å². The molecule has 0 bridgehead atoms. The molecular formula is C24H50. The van der Waals surface area contributed by atoms with Crippen LogP contribution in [0.1, 0.15) is 104 Å². The maximum Gasteiger partial charge on any atom is -0.0131 e. The molecule has 146 valence electrons. The Hall–Kier alpha value is 0. The molecule has 0 radical (unpaired) electrons. The van der Waals surface area contributed by atoms with Crippen LogP contribution in [0.2, 0.25) is 0 Å². The van der Waals surface area contributed by atoms with Crippen LogP contribution in [0.3, 0.4) is 0 Å². The van der Waals surface area contributed by atoms with Crippen LogP contribution in [0, 0.1) is 51.2 Å². The lowest BCUT2D eigenvalue weighted by atomic mass is 9.37. The molecule has 0 fully saturated rings. The highest BCUT2D eigenvalue weighted by molar-refractivity contribution is 5.10. The van der Waals surface area contributed by atoms with Crippen LogP contribution in [0.5, 0.6) is 0 Å². The van der Waals surface area contributed by atoms with Gasteiger partial charge in [-0.25, -0.2) is 0 Å². The second kappa shape index (κ2) is 7.32. The molecule has 0 heterocycles. The third kappa shape index (κ3) is 4.21. The second-order valence-electron chi connectivity index (χ2n) is 12.5. The Morgan fingerprint density at radius 3 is 0.875 bits per heavy atom. The van der Waals surface area contributed by atoms with E-state index >= 15 is 0 Å². The summed E-state index contributed by atoms with van der Waals surface area (Å²) >= 11 is 0. The maximum absolute atomic E-state index is 2.51. The van der Waals surface area contributed by atoms with Gasteiger partial charge in [-0.15, -0.1) is 0 Å². The van der Waals surface area contributed by atoms with Crippen molar-refractivity contribution in [1.29, 1.82) is 0 Å². The van der Waals surface area contributed by atoms with Gasteiger partial charge in [-0.05, 0) is 51.2 Å². The Kier molecular flexibility index (Phi) is 7.32. The van der Waals surface area contributed by atoms with Crippen molar-refractivity contribution in [3.8, 4) is 0 Å². The van der Waals surface area contributed by atoms with Crippen molar-refractivity contribution in [3.63, 3.8) is 0 Å². The van der Waals surface area contributed by atoms with E-state index in [2.05, 4.69) is 104 Å². The summed E-state index contributed by atoms with van der Waals surface area (Å²) in [5, 5.41) is 0. The van der Waals surface area contributed by atoms with Crippen molar-refractivity contribution < 1.29 is 0 Å². The van der Waals surface area contributed by atoms with E-state index in [0.717, 1.165) is 0 Å². The molecular weight excluding hydrogens is 288 g/mol. The Morgan fingerprint density at radius 2 is 0.750 bits per heavy atom. The topological polar surface area (TPSA) is 0 Å². The third-order valence-corrected chi connectivity index (χ3v) is 6.53. The molecule has 0 saturated carbocycles. The van der Waals surface area contributed by atoms with Crippen LogP contribution in [-0.4, -0.2) is 0 Å². The Labute approximate surface area is 155 Å². The van der Waals surface area contributed by atoms with E-state index in [1.807, 2.05) is 0 Å². The van der Waals surface area contributed by atoms with Crippen LogP contribution in [0.4, 0.5) is 0 Å². The number of hydrogen-bond acceptors (Lipinski definition) is 0. The van der Waals surface area contributed by atoms with E-state index in [4.69, 9.17) is 0 Å². The summed E-state index contributed by atoms with van der Waals surface area (Å²) in [6, 6.07) is 0. The Morgan fingerprint density at radius 1 is 0.458 bits per heavy atom. The molecule has 0 aliphatic rings. The van der Waals surface area contributed by atoms with Crippen molar-refractivity contribution in [2.75, 3.05) is 0 Å². The van der Waals surface area contributed by atoms with Crippen molar-refractivity contribution in [3.05, 3.63) is 0 Å². The quantitative estimate of drug-likeness (QED) is 0.472. The molecule has 24 heavy (non-hydrogen) atoms. The van der Waals surface area contributed by atoms with Gasteiger partial charge in [0.05, 0.1) is 0 Å². The summed E-state index contributed by atoms with van der Waals surface area (Å²) < 4.78 is 0.